The van der Waals surface area contributed by atoms with Crippen LogP contribution in [0.3, 0.4) is 0 Å². The lowest BCUT2D eigenvalue weighted by Gasteiger charge is -2.24. The molecule has 3 rings (SSSR count). The summed E-state index contributed by atoms with van der Waals surface area (Å²) in [5.41, 5.74) is 1.59. The van der Waals surface area contributed by atoms with Gasteiger partial charge in [0.1, 0.15) is 0 Å². The van der Waals surface area contributed by atoms with Crippen LogP contribution in [-0.2, 0) is 19.9 Å². The molecule has 2 unspecified atom stereocenters. The second kappa shape index (κ2) is 5.11. The Labute approximate surface area is 129 Å². The molecule has 0 amide bonds. The molecule has 5 heteroatoms. The summed E-state index contributed by atoms with van der Waals surface area (Å²) in [5, 5.41) is 15.5. The molecule has 0 bridgehead atoms. The van der Waals surface area contributed by atoms with Gasteiger partial charge in [-0.05, 0) is 48.5 Å². The van der Waals surface area contributed by atoms with E-state index in [0.29, 0.717) is 12.5 Å². The molecule has 1 N–H and O–H groups in total. The van der Waals surface area contributed by atoms with E-state index in [9.17, 15) is 5.11 Å². The molecule has 1 aliphatic carbocycles. The number of hydrogen-bond acceptors (Lipinski definition) is 3. The molecule has 2 atom stereocenters. The molecule has 0 spiro atoms. The van der Waals surface area contributed by atoms with Crippen LogP contribution < -0.4 is 0 Å². The molecule has 1 aromatic heterocycles. The maximum atomic E-state index is 11.0. The monoisotopic (exact) mass is 341 g/mol. The maximum absolute atomic E-state index is 11.0. The Bertz CT molecular complexity index is 511. The second-order valence-electron chi connectivity index (χ2n) is 6.54. The molecule has 0 radical (unpaired) electrons. The number of aromatic nitrogens is 2. The number of rotatable bonds is 4. The summed E-state index contributed by atoms with van der Waals surface area (Å²) >= 11 is 3.66. The van der Waals surface area contributed by atoms with E-state index in [0.717, 1.165) is 41.3 Å². The van der Waals surface area contributed by atoms with Gasteiger partial charge in [-0.3, -0.25) is 9.58 Å². The van der Waals surface area contributed by atoms with Gasteiger partial charge in [0.15, 0.2) is 0 Å². The quantitative estimate of drug-likeness (QED) is 0.913. The van der Waals surface area contributed by atoms with E-state index in [1.165, 1.54) is 12.8 Å². The first-order chi connectivity index (χ1) is 9.43. The number of aliphatic hydroxyl groups is 1. The Hall–Kier alpha value is -0.390. The van der Waals surface area contributed by atoms with Crippen molar-refractivity contribution in [2.24, 2.45) is 7.05 Å². The second-order valence-corrected chi connectivity index (χ2v) is 7.34. The number of aryl methyl sites for hydroxylation is 2. The third-order valence-electron chi connectivity index (χ3n) is 4.73. The lowest BCUT2D eigenvalue weighted by Crippen LogP contribution is -2.37. The van der Waals surface area contributed by atoms with E-state index >= 15 is 0 Å². The number of hydrogen-bond donors (Lipinski definition) is 1. The average molecular weight is 342 g/mol. The third-order valence-corrected chi connectivity index (χ3v) is 5.65. The van der Waals surface area contributed by atoms with E-state index in [1.807, 2.05) is 11.7 Å². The van der Waals surface area contributed by atoms with Gasteiger partial charge in [0, 0.05) is 32.1 Å². The summed E-state index contributed by atoms with van der Waals surface area (Å²) in [6.07, 6.45) is 5.07. The Balaban J connectivity index is 1.79. The van der Waals surface area contributed by atoms with Crippen LogP contribution in [0.1, 0.15) is 44.5 Å². The van der Waals surface area contributed by atoms with Crippen molar-refractivity contribution in [2.45, 2.75) is 63.6 Å². The lowest BCUT2D eigenvalue weighted by molar-refractivity contribution is 0.0467. The SMILES string of the molecule is CCc1nn(C)c(CC2(O)CC(C)N(C3CC3)C2)c1Br. The zero-order chi connectivity index (χ0) is 14.5. The summed E-state index contributed by atoms with van der Waals surface area (Å²) in [6, 6.07) is 1.21. The van der Waals surface area contributed by atoms with Crippen molar-refractivity contribution in [1.82, 2.24) is 14.7 Å². The van der Waals surface area contributed by atoms with E-state index < -0.39 is 5.60 Å². The van der Waals surface area contributed by atoms with Crippen LogP contribution in [-0.4, -0.2) is 44.0 Å². The van der Waals surface area contributed by atoms with Gasteiger partial charge in [0.25, 0.3) is 0 Å². The standard InChI is InChI=1S/C15H24BrN3O/c1-4-12-14(16)13(18(3)17-12)8-15(20)7-10(2)19(9-15)11-5-6-11/h10-11,20H,4-9H2,1-3H3. The predicted molar refractivity (Wildman–Crippen MR) is 82.7 cm³/mol. The van der Waals surface area contributed by atoms with Crippen molar-refractivity contribution in [2.75, 3.05) is 6.54 Å². The van der Waals surface area contributed by atoms with Gasteiger partial charge in [-0.25, -0.2) is 0 Å². The largest absolute Gasteiger partial charge is 0.388 e. The van der Waals surface area contributed by atoms with Gasteiger partial charge in [0.2, 0.25) is 0 Å². The highest BCUT2D eigenvalue weighted by Gasteiger charge is 2.46. The zero-order valence-electron chi connectivity index (χ0n) is 12.6. The van der Waals surface area contributed by atoms with Crippen molar-refractivity contribution in [3.63, 3.8) is 0 Å². The minimum atomic E-state index is -0.608. The minimum absolute atomic E-state index is 0.491. The van der Waals surface area contributed by atoms with Crippen LogP contribution in [0.5, 0.6) is 0 Å². The van der Waals surface area contributed by atoms with E-state index in [-0.39, 0.29) is 0 Å². The lowest BCUT2D eigenvalue weighted by atomic mass is 9.94. The number of halogens is 1. The van der Waals surface area contributed by atoms with Crippen LogP contribution in [0.4, 0.5) is 0 Å². The molecule has 20 heavy (non-hydrogen) atoms. The smallest absolute Gasteiger partial charge is 0.0844 e. The van der Waals surface area contributed by atoms with Gasteiger partial charge < -0.3 is 5.11 Å². The van der Waals surface area contributed by atoms with Crippen LogP contribution in [0.25, 0.3) is 0 Å². The fourth-order valence-electron chi connectivity index (χ4n) is 3.57. The third kappa shape index (κ3) is 2.55. The number of β-amino-alcohol motifs (C(OH)–C–C–N with tert-alkyl or cyclic N) is 1. The molecule has 0 aromatic carbocycles. The van der Waals surface area contributed by atoms with Crippen LogP contribution in [0.2, 0.25) is 0 Å². The molecular formula is C15H24BrN3O. The molecule has 1 saturated carbocycles. The van der Waals surface area contributed by atoms with Gasteiger partial charge in [-0.1, -0.05) is 6.92 Å². The van der Waals surface area contributed by atoms with E-state index in [2.05, 4.69) is 39.8 Å². The van der Waals surface area contributed by atoms with Crippen molar-refractivity contribution < 1.29 is 5.11 Å². The molecule has 1 aromatic rings. The van der Waals surface area contributed by atoms with E-state index in [4.69, 9.17) is 0 Å². The van der Waals surface area contributed by atoms with Gasteiger partial charge in [0.05, 0.1) is 21.5 Å². The first-order valence-electron chi connectivity index (χ1n) is 7.62. The Kier molecular flexibility index (Phi) is 3.72. The molecule has 1 saturated heterocycles. The summed E-state index contributed by atoms with van der Waals surface area (Å²) < 4.78 is 3.00. The molecule has 2 fully saturated rings. The summed E-state index contributed by atoms with van der Waals surface area (Å²) in [5.74, 6) is 0. The van der Waals surface area contributed by atoms with Crippen molar-refractivity contribution in [3.05, 3.63) is 15.9 Å². The van der Waals surface area contributed by atoms with Crippen molar-refractivity contribution in [1.29, 1.82) is 0 Å². The van der Waals surface area contributed by atoms with Crippen molar-refractivity contribution >= 4 is 15.9 Å². The summed E-state index contributed by atoms with van der Waals surface area (Å²) in [7, 11) is 1.97. The Morgan fingerprint density at radius 1 is 1.45 bits per heavy atom. The molecule has 1 aliphatic heterocycles. The summed E-state index contributed by atoms with van der Waals surface area (Å²) in [6.45, 7) is 5.15. The van der Waals surface area contributed by atoms with Crippen LogP contribution in [0.15, 0.2) is 4.47 Å². The average Bonchev–Trinajstić information content (AvgIpc) is 3.14. The highest BCUT2D eigenvalue weighted by Crippen LogP contribution is 2.39. The van der Waals surface area contributed by atoms with Crippen molar-refractivity contribution in [3.8, 4) is 0 Å². The molecule has 2 heterocycles. The van der Waals surface area contributed by atoms with Crippen LogP contribution >= 0.6 is 15.9 Å². The maximum Gasteiger partial charge on any atom is 0.0844 e. The van der Waals surface area contributed by atoms with Crippen LogP contribution in [0, 0.1) is 0 Å². The Morgan fingerprint density at radius 2 is 2.15 bits per heavy atom. The van der Waals surface area contributed by atoms with Gasteiger partial charge in [-0.2, -0.15) is 5.10 Å². The zero-order valence-corrected chi connectivity index (χ0v) is 14.2. The molecule has 4 nitrogen and oxygen atoms in total. The van der Waals surface area contributed by atoms with E-state index in [1.54, 1.807) is 0 Å². The molecule has 112 valence electrons. The van der Waals surface area contributed by atoms with Gasteiger partial charge >= 0.3 is 0 Å². The fourth-order valence-corrected chi connectivity index (χ4v) is 4.33. The molecule has 2 aliphatic rings. The highest BCUT2D eigenvalue weighted by molar-refractivity contribution is 9.10. The Morgan fingerprint density at radius 3 is 2.70 bits per heavy atom. The molecular weight excluding hydrogens is 318 g/mol. The highest BCUT2D eigenvalue weighted by atomic mass is 79.9. The summed E-state index contributed by atoms with van der Waals surface area (Å²) in [4.78, 5) is 2.49. The topological polar surface area (TPSA) is 41.3 Å². The predicted octanol–water partition coefficient (Wildman–Crippen LogP) is 2.28. The minimum Gasteiger partial charge on any atom is -0.388 e. The van der Waals surface area contributed by atoms with Gasteiger partial charge in [-0.15, -0.1) is 0 Å². The number of nitrogens with zero attached hydrogens (tertiary/aromatic N) is 3. The number of likely N-dealkylation sites (tertiary alicyclic amines) is 1. The normalized spacial score (nSPS) is 31.1. The first kappa shape index (κ1) is 14.5. The fraction of sp³-hybridized carbons (Fsp3) is 0.800. The first-order valence-corrected chi connectivity index (χ1v) is 8.41.